The van der Waals surface area contributed by atoms with Gasteiger partial charge >= 0.3 is 12.4 Å². The van der Waals surface area contributed by atoms with Gasteiger partial charge in [0.25, 0.3) is 0 Å². The van der Waals surface area contributed by atoms with Gasteiger partial charge in [0.15, 0.2) is 5.69 Å². The molecule has 1 aromatic carbocycles. The van der Waals surface area contributed by atoms with Crippen LogP contribution in [0.4, 0.5) is 26.3 Å². The summed E-state index contributed by atoms with van der Waals surface area (Å²) >= 11 is 17.2. The molecular formula is C13H4Cl3F6N. The van der Waals surface area contributed by atoms with E-state index in [1.54, 1.807) is 0 Å². The molecular weight excluding hydrogens is 390 g/mol. The molecule has 0 bridgehead atoms. The summed E-state index contributed by atoms with van der Waals surface area (Å²) in [5.41, 5.74) is -4.24. The van der Waals surface area contributed by atoms with Gasteiger partial charge in [-0.05, 0) is 24.3 Å². The fraction of sp³-hybridized carbons (Fsp3) is 0.154. The first-order valence-electron chi connectivity index (χ1n) is 5.71. The SMILES string of the molecule is FC(F)(F)c1ccc(-c2cc(Cl)c(Cl)cc2Cl)c(C(F)(F)F)n1. The Morgan fingerprint density at radius 2 is 1.26 bits per heavy atom. The van der Waals surface area contributed by atoms with Crippen molar-refractivity contribution < 1.29 is 26.3 Å². The Labute approximate surface area is 140 Å². The van der Waals surface area contributed by atoms with Gasteiger partial charge in [0.2, 0.25) is 0 Å². The maximum atomic E-state index is 13.1. The lowest BCUT2D eigenvalue weighted by atomic mass is 10.0. The van der Waals surface area contributed by atoms with Crippen molar-refractivity contribution in [3.63, 3.8) is 0 Å². The van der Waals surface area contributed by atoms with E-state index < -0.39 is 29.3 Å². The normalized spacial score (nSPS) is 12.6. The summed E-state index contributed by atoms with van der Waals surface area (Å²) in [7, 11) is 0. The molecule has 0 aliphatic heterocycles. The van der Waals surface area contributed by atoms with Crippen LogP contribution in [0.2, 0.25) is 15.1 Å². The number of benzene rings is 1. The van der Waals surface area contributed by atoms with Crippen molar-refractivity contribution in [2.24, 2.45) is 0 Å². The highest BCUT2D eigenvalue weighted by atomic mass is 35.5. The molecule has 0 unspecified atom stereocenters. The summed E-state index contributed by atoms with van der Waals surface area (Å²) < 4.78 is 77.0. The maximum Gasteiger partial charge on any atom is 0.433 e. The summed E-state index contributed by atoms with van der Waals surface area (Å²) in [6, 6.07) is 3.21. The van der Waals surface area contributed by atoms with Crippen molar-refractivity contribution in [2.45, 2.75) is 12.4 Å². The van der Waals surface area contributed by atoms with Crippen LogP contribution < -0.4 is 0 Å². The molecule has 23 heavy (non-hydrogen) atoms. The number of pyridine rings is 1. The minimum Gasteiger partial charge on any atom is -0.238 e. The lowest BCUT2D eigenvalue weighted by Gasteiger charge is -2.16. The molecule has 1 heterocycles. The van der Waals surface area contributed by atoms with Gasteiger partial charge in [-0.1, -0.05) is 34.8 Å². The number of alkyl halides is 6. The van der Waals surface area contributed by atoms with Gasteiger partial charge in [-0.15, -0.1) is 0 Å². The summed E-state index contributed by atoms with van der Waals surface area (Å²) in [6.07, 6.45) is -10.1. The van der Waals surface area contributed by atoms with Crippen LogP contribution in [0, 0.1) is 0 Å². The monoisotopic (exact) mass is 393 g/mol. The highest BCUT2D eigenvalue weighted by Gasteiger charge is 2.40. The second kappa shape index (κ2) is 6.03. The zero-order valence-corrected chi connectivity index (χ0v) is 12.9. The summed E-state index contributed by atoms with van der Waals surface area (Å²) in [5, 5.41) is -0.306. The van der Waals surface area contributed by atoms with Crippen LogP contribution in [0.25, 0.3) is 11.1 Å². The molecule has 0 radical (unpaired) electrons. The summed E-state index contributed by atoms with van der Waals surface area (Å²) in [4.78, 5) is 2.70. The molecule has 1 aromatic heterocycles. The largest absolute Gasteiger partial charge is 0.433 e. The molecule has 0 aliphatic carbocycles. The van der Waals surface area contributed by atoms with Gasteiger partial charge in [0.1, 0.15) is 5.69 Å². The fourth-order valence-corrected chi connectivity index (χ4v) is 2.43. The second-order valence-corrected chi connectivity index (χ2v) is 5.56. The third-order valence-corrected chi connectivity index (χ3v) is 3.79. The van der Waals surface area contributed by atoms with E-state index in [0.29, 0.717) is 12.1 Å². The number of hydrogen-bond donors (Lipinski definition) is 0. The van der Waals surface area contributed by atoms with Crippen molar-refractivity contribution in [2.75, 3.05) is 0 Å². The van der Waals surface area contributed by atoms with Crippen molar-refractivity contribution in [3.05, 3.63) is 50.7 Å². The molecule has 10 heteroatoms. The number of hydrogen-bond acceptors (Lipinski definition) is 1. The van der Waals surface area contributed by atoms with Gasteiger partial charge in [-0.25, -0.2) is 4.98 Å². The maximum absolute atomic E-state index is 13.1. The van der Waals surface area contributed by atoms with E-state index in [1.807, 2.05) is 0 Å². The summed E-state index contributed by atoms with van der Waals surface area (Å²) in [6.45, 7) is 0. The van der Waals surface area contributed by atoms with Crippen molar-refractivity contribution >= 4 is 34.8 Å². The standard InChI is InChI=1S/C13H4Cl3F6N/c14-7-4-9(16)8(15)3-6(7)5-1-2-10(12(17,18)19)23-11(5)13(20,21)22/h1-4H. The third kappa shape index (κ3) is 3.84. The van der Waals surface area contributed by atoms with E-state index in [1.165, 1.54) is 0 Å². The first kappa shape index (κ1) is 18.2. The van der Waals surface area contributed by atoms with Crippen LogP contribution in [0.3, 0.4) is 0 Å². The van der Waals surface area contributed by atoms with E-state index in [9.17, 15) is 26.3 Å². The number of nitrogens with zero attached hydrogens (tertiary/aromatic N) is 1. The Kier molecular flexibility index (Phi) is 4.76. The van der Waals surface area contributed by atoms with E-state index in [0.717, 1.165) is 12.1 Å². The molecule has 0 spiro atoms. The molecule has 0 atom stereocenters. The average Bonchev–Trinajstić information content (AvgIpc) is 2.40. The summed E-state index contributed by atoms with van der Waals surface area (Å²) in [5.74, 6) is 0. The first-order valence-corrected chi connectivity index (χ1v) is 6.85. The minimum atomic E-state index is -5.12. The van der Waals surface area contributed by atoms with E-state index in [2.05, 4.69) is 4.98 Å². The van der Waals surface area contributed by atoms with Crippen LogP contribution in [0.1, 0.15) is 11.4 Å². The van der Waals surface area contributed by atoms with Gasteiger partial charge in [-0.3, -0.25) is 0 Å². The molecule has 124 valence electrons. The quantitative estimate of drug-likeness (QED) is 0.385. The van der Waals surface area contributed by atoms with E-state index in [-0.39, 0.29) is 20.6 Å². The van der Waals surface area contributed by atoms with Crippen LogP contribution in [0.15, 0.2) is 24.3 Å². The van der Waals surface area contributed by atoms with Gasteiger partial charge in [0, 0.05) is 11.1 Å². The van der Waals surface area contributed by atoms with Crippen molar-refractivity contribution in [3.8, 4) is 11.1 Å². The Bertz CT molecular complexity index is 755. The Balaban J connectivity index is 2.75. The number of rotatable bonds is 1. The number of aromatic nitrogens is 1. The molecule has 2 aromatic rings. The van der Waals surface area contributed by atoms with Crippen LogP contribution in [0.5, 0.6) is 0 Å². The van der Waals surface area contributed by atoms with Crippen LogP contribution >= 0.6 is 34.8 Å². The van der Waals surface area contributed by atoms with Crippen molar-refractivity contribution in [1.82, 2.24) is 4.98 Å². The van der Waals surface area contributed by atoms with Gasteiger partial charge < -0.3 is 0 Å². The van der Waals surface area contributed by atoms with Crippen LogP contribution in [-0.4, -0.2) is 4.98 Å². The predicted molar refractivity (Wildman–Crippen MR) is 74.7 cm³/mol. The highest BCUT2D eigenvalue weighted by Crippen LogP contribution is 2.42. The second-order valence-electron chi connectivity index (χ2n) is 4.33. The van der Waals surface area contributed by atoms with Crippen LogP contribution in [-0.2, 0) is 12.4 Å². The Morgan fingerprint density at radius 1 is 0.696 bits per heavy atom. The zero-order chi connectivity index (χ0) is 17.6. The highest BCUT2D eigenvalue weighted by molar-refractivity contribution is 6.44. The van der Waals surface area contributed by atoms with Crippen molar-refractivity contribution in [1.29, 1.82) is 0 Å². The van der Waals surface area contributed by atoms with Gasteiger partial charge in [0.05, 0.1) is 15.1 Å². The third-order valence-electron chi connectivity index (χ3n) is 2.75. The Hall–Kier alpha value is -1.18. The molecule has 2 rings (SSSR count). The molecule has 0 saturated carbocycles. The molecule has 0 aliphatic rings. The smallest absolute Gasteiger partial charge is 0.238 e. The predicted octanol–water partition coefficient (Wildman–Crippen LogP) is 6.75. The van der Waals surface area contributed by atoms with E-state index in [4.69, 9.17) is 34.8 Å². The topological polar surface area (TPSA) is 12.9 Å². The zero-order valence-electron chi connectivity index (χ0n) is 10.7. The fourth-order valence-electron chi connectivity index (χ4n) is 1.78. The minimum absolute atomic E-state index is 0.00570. The Morgan fingerprint density at radius 3 is 1.78 bits per heavy atom. The lowest BCUT2D eigenvalue weighted by Crippen LogP contribution is -2.16. The molecule has 0 fully saturated rings. The lowest BCUT2D eigenvalue weighted by molar-refractivity contribution is -0.149. The molecule has 1 nitrogen and oxygen atoms in total. The molecule has 0 saturated heterocycles. The molecule has 0 amide bonds. The van der Waals surface area contributed by atoms with E-state index >= 15 is 0 Å². The average molecular weight is 395 g/mol. The van der Waals surface area contributed by atoms with Gasteiger partial charge in [-0.2, -0.15) is 26.3 Å². The molecule has 0 N–H and O–H groups in total. The number of halogens is 9. The first-order chi connectivity index (χ1) is 10.4.